The van der Waals surface area contributed by atoms with Crippen LogP contribution in [0.2, 0.25) is 5.02 Å². The zero-order valence-electron chi connectivity index (χ0n) is 16.6. The summed E-state index contributed by atoms with van der Waals surface area (Å²) in [6, 6.07) is 22.1. The predicted octanol–water partition coefficient (Wildman–Crippen LogP) is 5.19. The van der Waals surface area contributed by atoms with E-state index in [1.165, 1.54) is 0 Å². The Labute approximate surface area is 190 Å². The molecule has 5 rings (SSSR count). The third kappa shape index (κ3) is 2.82. The Morgan fingerprint density at radius 3 is 2.48 bits per heavy atom. The van der Waals surface area contributed by atoms with Crippen molar-refractivity contribution in [1.82, 2.24) is 0 Å². The zero-order valence-corrected chi connectivity index (χ0v) is 18.1. The minimum atomic E-state index is -1.92. The van der Waals surface area contributed by atoms with E-state index in [4.69, 9.17) is 32.7 Å². The summed E-state index contributed by atoms with van der Waals surface area (Å²) in [5, 5.41) is 12.8. The lowest BCUT2D eigenvalue weighted by Gasteiger charge is -2.39. The van der Waals surface area contributed by atoms with E-state index in [9.17, 15) is 9.90 Å². The number of rotatable bonds is 5. The lowest BCUT2D eigenvalue weighted by molar-refractivity contribution is -0.151. The maximum absolute atomic E-state index is 13.6. The van der Waals surface area contributed by atoms with Gasteiger partial charge in [0.1, 0.15) is 18.1 Å². The van der Waals surface area contributed by atoms with Gasteiger partial charge in [0.25, 0.3) is 0 Å². The molecule has 1 heterocycles. The van der Waals surface area contributed by atoms with Crippen molar-refractivity contribution in [2.24, 2.45) is 0 Å². The van der Waals surface area contributed by atoms with Gasteiger partial charge in [-0.05, 0) is 35.4 Å². The number of aliphatic hydroxyl groups is 1. The molecule has 31 heavy (non-hydrogen) atoms. The van der Waals surface area contributed by atoms with Crippen molar-refractivity contribution in [2.45, 2.75) is 23.5 Å². The molecule has 0 aromatic heterocycles. The monoisotopic (exact) mass is 454 g/mol. The van der Waals surface area contributed by atoms with Crippen molar-refractivity contribution in [3.63, 3.8) is 0 Å². The number of ketones is 1. The van der Waals surface area contributed by atoms with Gasteiger partial charge in [0.05, 0.1) is 11.4 Å². The van der Waals surface area contributed by atoms with Crippen molar-refractivity contribution in [3.05, 3.63) is 94.5 Å². The van der Waals surface area contributed by atoms with Crippen LogP contribution in [0.15, 0.2) is 72.8 Å². The molecule has 4 nitrogen and oxygen atoms in total. The summed E-state index contributed by atoms with van der Waals surface area (Å²) < 4.78 is 12.4. The van der Waals surface area contributed by atoms with Crippen molar-refractivity contribution in [3.8, 4) is 11.5 Å². The average Bonchev–Trinajstić information content (AvgIpc) is 3.19. The van der Waals surface area contributed by atoms with E-state index in [-0.39, 0.29) is 24.7 Å². The highest BCUT2D eigenvalue weighted by molar-refractivity contribution is 6.30. The summed E-state index contributed by atoms with van der Waals surface area (Å²) in [7, 11) is 0. The largest absolute Gasteiger partial charge is 0.492 e. The smallest absolute Gasteiger partial charge is 0.200 e. The second kappa shape index (κ2) is 7.56. The van der Waals surface area contributed by atoms with Gasteiger partial charge in [-0.1, -0.05) is 60.1 Å². The second-order valence-electron chi connectivity index (χ2n) is 7.81. The molecule has 3 atom stereocenters. The van der Waals surface area contributed by atoms with Crippen LogP contribution in [0.1, 0.15) is 29.0 Å². The van der Waals surface area contributed by atoms with Gasteiger partial charge >= 0.3 is 0 Å². The van der Waals surface area contributed by atoms with Crippen LogP contribution in [0.5, 0.6) is 11.5 Å². The molecule has 0 bridgehead atoms. The van der Waals surface area contributed by atoms with Crippen LogP contribution in [0.25, 0.3) is 0 Å². The molecule has 1 N–H and O–H groups in total. The summed E-state index contributed by atoms with van der Waals surface area (Å²) in [4.78, 5) is 13.6. The Bertz CT molecular complexity index is 1130. The first-order chi connectivity index (χ1) is 15.0. The normalized spacial score (nSPS) is 26.3. The number of benzene rings is 3. The molecular formula is C25H20Cl2O4. The van der Waals surface area contributed by atoms with Crippen molar-refractivity contribution in [1.29, 1.82) is 0 Å². The minimum Gasteiger partial charge on any atom is -0.492 e. The van der Waals surface area contributed by atoms with Crippen molar-refractivity contribution in [2.75, 3.05) is 12.5 Å². The second-order valence-corrected chi connectivity index (χ2v) is 8.63. The van der Waals surface area contributed by atoms with E-state index in [1.807, 2.05) is 42.5 Å². The summed E-state index contributed by atoms with van der Waals surface area (Å²) in [6.45, 7) is 0.248. The number of halogens is 2. The molecule has 2 aliphatic rings. The first kappa shape index (κ1) is 20.4. The lowest BCUT2D eigenvalue weighted by atomic mass is 9.71. The van der Waals surface area contributed by atoms with Crippen LogP contribution in [-0.4, -0.2) is 23.4 Å². The molecule has 3 aromatic carbocycles. The number of ether oxygens (including phenoxy) is 2. The summed E-state index contributed by atoms with van der Waals surface area (Å²) in [6.07, 6.45) is 0.131. The molecule has 3 aromatic rings. The van der Waals surface area contributed by atoms with Gasteiger partial charge in [-0.2, -0.15) is 0 Å². The van der Waals surface area contributed by atoms with Crippen LogP contribution in [0.4, 0.5) is 0 Å². The van der Waals surface area contributed by atoms with Gasteiger partial charge < -0.3 is 14.6 Å². The molecule has 1 fully saturated rings. The fourth-order valence-electron chi connectivity index (χ4n) is 5.01. The van der Waals surface area contributed by atoms with Gasteiger partial charge in [-0.25, -0.2) is 0 Å². The first-order valence-corrected chi connectivity index (χ1v) is 11.0. The standard InChI is InChI=1S/C25H20Cl2O4/c26-13-14-30-20-7-4-8-21-23(20)24(29)22(28)15-19(16-5-2-1-3-6-16)25(24,31-21)17-9-11-18(27)12-10-17/h1-12,19,29H,13-15H2/t19-,24+,25-/m0/s1. The number of alkyl halides is 1. The average molecular weight is 455 g/mol. The van der Waals surface area contributed by atoms with Gasteiger partial charge in [0.15, 0.2) is 17.0 Å². The minimum absolute atomic E-state index is 0.131. The fourth-order valence-corrected chi connectivity index (χ4v) is 5.21. The third-order valence-electron chi connectivity index (χ3n) is 6.25. The Morgan fingerprint density at radius 2 is 1.77 bits per heavy atom. The Kier molecular flexibility index (Phi) is 4.97. The topological polar surface area (TPSA) is 55.8 Å². The zero-order chi connectivity index (χ0) is 21.6. The number of fused-ring (bicyclic) bond motifs is 3. The Hall–Kier alpha value is -2.53. The maximum Gasteiger partial charge on any atom is 0.200 e. The van der Waals surface area contributed by atoms with Crippen LogP contribution in [0, 0.1) is 0 Å². The SMILES string of the molecule is O=C1C[C@@H](c2ccccc2)[C@]2(c3ccc(Cl)cc3)Oc3cccc(OCCCl)c3[C@]12O. The molecule has 158 valence electrons. The van der Waals surface area contributed by atoms with E-state index in [0.29, 0.717) is 27.6 Å². The van der Waals surface area contributed by atoms with E-state index in [1.54, 1.807) is 30.3 Å². The number of hydrogen-bond donors (Lipinski definition) is 1. The van der Waals surface area contributed by atoms with Crippen molar-refractivity contribution >= 4 is 29.0 Å². The molecule has 0 amide bonds. The molecule has 1 aliphatic heterocycles. The molecule has 0 radical (unpaired) electrons. The van der Waals surface area contributed by atoms with Gasteiger partial charge in [-0.15, -0.1) is 11.6 Å². The van der Waals surface area contributed by atoms with Gasteiger partial charge in [0, 0.05) is 17.4 Å². The predicted molar refractivity (Wildman–Crippen MR) is 119 cm³/mol. The summed E-state index contributed by atoms with van der Waals surface area (Å²) in [5.41, 5.74) is -1.31. The number of carbonyl (C=O) groups is 1. The summed E-state index contributed by atoms with van der Waals surface area (Å²) in [5.74, 6) is 0.404. The highest BCUT2D eigenvalue weighted by atomic mass is 35.5. The van der Waals surface area contributed by atoms with Crippen LogP contribution >= 0.6 is 23.2 Å². The number of hydrogen-bond acceptors (Lipinski definition) is 4. The Morgan fingerprint density at radius 1 is 1.03 bits per heavy atom. The van der Waals surface area contributed by atoms with Crippen LogP contribution < -0.4 is 9.47 Å². The number of Topliss-reactive ketones (excluding diaryl/α,β-unsaturated/α-hetero) is 1. The molecule has 1 aliphatic carbocycles. The quantitative estimate of drug-likeness (QED) is 0.538. The van der Waals surface area contributed by atoms with Gasteiger partial charge in [-0.3, -0.25) is 4.79 Å². The van der Waals surface area contributed by atoms with Crippen LogP contribution in [0.3, 0.4) is 0 Å². The highest BCUT2D eigenvalue weighted by Gasteiger charge is 2.73. The molecule has 0 unspecified atom stereocenters. The molecule has 0 spiro atoms. The highest BCUT2D eigenvalue weighted by Crippen LogP contribution is 2.66. The van der Waals surface area contributed by atoms with Gasteiger partial charge in [0.2, 0.25) is 0 Å². The van der Waals surface area contributed by atoms with E-state index >= 15 is 0 Å². The molecule has 1 saturated carbocycles. The first-order valence-electron chi connectivity index (χ1n) is 10.1. The molecule has 6 heteroatoms. The molecular weight excluding hydrogens is 435 g/mol. The lowest BCUT2D eigenvalue weighted by Crippen LogP contribution is -2.50. The maximum atomic E-state index is 13.6. The number of carbonyl (C=O) groups excluding carboxylic acids is 1. The molecule has 0 saturated heterocycles. The third-order valence-corrected chi connectivity index (χ3v) is 6.66. The fraction of sp³-hybridized carbons (Fsp3) is 0.240. The Balaban J connectivity index is 1.78. The van der Waals surface area contributed by atoms with Crippen LogP contribution in [-0.2, 0) is 16.0 Å². The van der Waals surface area contributed by atoms with Crippen molar-refractivity contribution < 1.29 is 19.4 Å². The summed E-state index contributed by atoms with van der Waals surface area (Å²) >= 11 is 12.0. The van der Waals surface area contributed by atoms with E-state index in [0.717, 1.165) is 5.56 Å². The van der Waals surface area contributed by atoms with E-state index in [2.05, 4.69) is 0 Å². The van der Waals surface area contributed by atoms with E-state index < -0.39 is 17.1 Å².